The number of nitrogens with zero attached hydrogens (tertiary/aromatic N) is 1. The Morgan fingerprint density at radius 2 is 1.90 bits per heavy atom. The van der Waals surface area contributed by atoms with Gasteiger partial charge in [-0.2, -0.15) is 0 Å². The van der Waals surface area contributed by atoms with Crippen molar-refractivity contribution in [1.29, 1.82) is 0 Å². The molecule has 112 valence electrons. The highest BCUT2D eigenvalue weighted by atomic mass is 35.5. The third kappa shape index (κ3) is 4.69. The summed E-state index contributed by atoms with van der Waals surface area (Å²) in [6, 6.07) is 5.71. The normalized spacial score (nSPS) is 11.4. The van der Waals surface area contributed by atoms with Gasteiger partial charge in [0.05, 0.1) is 16.3 Å². The fourth-order valence-corrected chi connectivity index (χ4v) is 2.47. The van der Waals surface area contributed by atoms with E-state index >= 15 is 0 Å². The van der Waals surface area contributed by atoms with E-state index in [1.807, 2.05) is 0 Å². The minimum Gasteiger partial charge on any atom is -0.478 e. The summed E-state index contributed by atoms with van der Waals surface area (Å²) < 4.78 is 0. The van der Waals surface area contributed by atoms with Gasteiger partial charge in [0.15, 0.2) is 0 Å². The van der Waals surface area contributed by atoms with Gasteiger partial charge in [-0.15, -0.1) is 0 Å². The molecule has 20 heavy (non-hydrogen) atoms. The van der Waals surface area contributed by atoms with Crippen LogP contribution in [0.15, 0.2) is 18.2 Å². The molecule has 1 aromatic carbocycles. The van der Waals surface area contributed by atoms with Gasteiger partial charge in [-0.1, -0.05) is 11.6 Å². The number of hydrogen-bond donors (Lipinski definition) is 2. The summed E-state index contributed by atoms with van der Waals surface area (Å²) in [4.78, 5) is 13.2. The van der Waals surface area contributed by atoms with Crippen molar-refractivity contribution in [3.8, 4) is 0 Å². The maximum Gasteiger partial charge on any atom is 0.335 e. The van der Waals surface area contributed by atoms with Gasteiger partial charge in [0.2, 0.25) is 0 Å². The Labute approximate surface area is 125 Å². The number of anilines is 1. The van der Waals surface area contributed by atoms with Gasteiger partial charge in [-0.25, -0.2) is 4.79 Å². The summed E-state index contributed by atoms with van der Waals surface area (Å²) in [6.45, 7) is 10.4. The van der Waals surface area contributed by atoms with Gasteiger partial charge in [0, 0.05) is 25.2 Å². The molecule has 1 aromatic rings. The van der Waals surface area contributed by atoms with Gasteiger partial charge < -0.3 is 10.4 Å². The van der Waals surface area contributed by atoms with Crippen LogP contribution < -0.4 is 5.32 Å². The van der Waals surface area contributed by atoms with Crippen LogP contribution in [0.25, 0.3) is 0 Å². The van der Waals surface area contributed by atoms with Crippen molar-refractivity contribution in [3.63, 3.8) is 0 Å². The maximum atomic E-state index is 10.8. The summed E-state index contributed by atoms with van der Waals surface area (Å²) in [7, 11) is 0. The molecule has 0 unspecified atom stereocenters. The molecule has 2 N–H and O–H groups in total. The Hall–Kier alpha value is -1.26. The number of carbonyl (C=O) groups is 1. The molecule has 0 spiro atoms. The molecular formula is C15H23ClN2O2. The predicted molar refractivity (Wildman–Crippen MR) is 83.9 cm³/mol. The zero-order valence-electron chi connectivity index (χ0n) is 12.5. The summed E-state index contributed by atoms with van der Waals surface area (Å²) in [5, 5.41) is 12.6. The van der Waals surface area contributed by atoms with Crippen molar-refractivity contribution < 1.29 is 9.90 Å². The second-order valence-corrected chi connectivity index (χ2v) is 5.76. The molecule has 0 aliphatic carbocycles. The minimum absolute atomic E-state index is 0.200. The van der Waals surface area contributed by atoms with E-state index in [9.17, 15) is 4.79 Å². The Balaban J connectivity index is 2.60. The Kier molecular flexibility index (Phi) is 6.30. The zero-order valence-corrected chi connectivity index (χ0v) is 13.2. The molecule has 0 bridgehead atoms. The van der Waals surface area contributed by atoms with E-state index in [2.05, 4.69) is 37.9 Å². The van der Waals surface area contributed by atoms with Crippen LogP contribution in [0.4, 0.5) is 5.69 Å². The monoisotopic (exact) mass is 298 g/mol. The first kappa shape index (κ1) is 16.8. The number of hydrogen-bond acceptors (Lipinski definition) is 3. The van der Waals surface area contributed by atoms with Gasteiger partial charge >= 0.3 is 5.97 Å². The number of carboxylic acids is 1. The number of carboxylic acid groups (broad SMARTS) is 1. The van der Waals surface area contributed by atoms with Crippen LogP contribution in [-0.2, 0) is 0 Å². The standard InChI is InChI=1S/C15H23ClN2O2/c1-10(2)18(11(3)4)8-7-17-14-6-5-12(15(19)20)9-13(14)16/h5-6,9-11,17H,7-8H2,1-4H3,(H,19,20). The van der Waals surface area contributed by atoms with Gasteiger partial charge in [0.1, 0.15) is 0 Å². The van der Waals surface area contributed by atoms with Crippen molar-refractivity contribution in [2.45, 2.75) is 39.8 Å². The lowest BCUT2D eigenvalue weighted by Gasteiger charge is -2.30. The third-order valence-electron chi connectivity index (χ3n) is 3.23. The van der Waals surface area contributed by atoms with E-state index in [0.717, 1.165) is 18.8 Å². The Morgan fingerprint density at radius 3 is 2.35 bits per heavy atom. The molecule has 0 aromatic heterocycles. The van der Waals surface area contributed by atoms with E-state index in [0.29, 0.717) is 17.1 Å². The molecule has 0 heterocycles. The fourth-order valence-electron chi connectivity index (χ4n) is 2.22. The maximum absolute atomic E-state index is 10.8. The largest absolute Gasteiger partial charge is 0.478 e. The van der Waals surface area contributed by atoms with Crippen LogP contribution >= 0.6 is 11.6 Å². The smallest absolute Gasteiger partial charge is 0.335 e. The minimum atomic E-state index is -0.968. The van der Waals surface area contributed by atoms with Crippen LogP contribution in [0.3, 0.4) is 0 Å². The first-order valence-electron chi connectivity index (χ1n) is 6.85. The SMILES string of the molecule is CC(C)N(CCNc1ccc(C(=O)O)cc1Cl)C(C)C. The average molecular weight is 299 g/mol. The van der Waals surface area contributed by atoms with Crippen molar-refractivity contribution in [2.75, 3.05) is 18.4 Å². The Morgan fingerprint density at radius 1 is 1.30 bits per heavy atom. The second kappa shape index (κ2) is 7.50. The molecule has 1 rings (SSSR count). The van der Waals surface area contributed by atoms with Crippen molar-refractivity contribution in [1.82, 2.24) is 4.90 Å². The number of aromatic carboxylic acids is 1. The quantitative estimate of drug-likeness (QED) is 0.808. The van der Waals surface area contributed by atoms with E-state index in [1.165, 1.54) is 6.07 Å². The molecule has 0 atom stereocenters. The van der Waals surface area contributed by atoms with Crippen LogP contribution in [0.5, 0.6) is 0 Å². The van der Waals surface area contributed by atoms with Gasteiger partial charge in [0.25, 0.3) is 0 Å². The highest BCUT2D eigenvalue weighted by molar-refractivity contribution is 6.33. The van der Waals surface area contributed by atoms with E-state index in [1.54, 1.807) is 12.1 Å². The summed E-state index contributed by atoms with van der Waals surface area (Å²) in [5.41, 5.74) is 0.968. The van der Waals surface area contributed by atoms with E-state index < -0.39 is 5.97 Å². The highest BCUT2D eigenvalue weighted by Crippen LogP contribution is 2.23. The summed E-state index contributed by atoms with van der Waals surface area (Å²) in [6.07, 6.45) is 0. The lowest BCUT2D eigenvalue weighted by molar-refractivity contribution is 0.0697. The summed E-state index contributed by atoms with van der Waals surface area (Å²) in [5.74, 6) is -0.968. The average Bonchev–Trinajstić information content (AvgIpc) is 2.34. The lowest BCUT2D eigenvalue weighted by Crippen LogP contribution is -2.40. The van der Waals surface area contributed by atoms with Crippen LogP contribution in [0, 0.1) is 0 Å². The zero-order chi connectivity index (χ0) is 15.3. The predicted octanol–water partition coefficient (Wildman–Crippen LogP) is 3.57. The Bertz CT molecular complexity index is 453. The molecule has 4 nitrogen and oxygen atoms in total. The van der Waals surface area contributed by atoms with Crippen LogP contribution in [-0.4, -0.2) is 41.1 Å². The molecule has 0 fully saturated rings. The highest BCUT2D eigenvalue weighted by Gasteiger charge is 2.13. The molecule has 0 aliphatic rings. The molecule has 5 heteroatoms. The first-order valence-corrected chi connectivity index (χ1v) is 7.23. The number of halogens is 1. The van der Waals surface area contributed by atoms with E-state index in [-0.39, 0.29) is 5.56 Å². The molecule has 0 saturated heterocycles. The second-order valence-electron chi connectivity index (χ2n) is 5.35. The van der Waals surface area contributed by atoms with Crippen LogP contribution in [0.2, 0.25) is 5.02 Å². The lowest BCUT2D eigenvalue weighted by atomic mass is 10.2. The molecule has 0 saturated carbocycles. The molecule has 0 radical (unpaired) electrons. The van der Waals surface area contributed by atoms with Gasteiger partial charge in [-0.05, 0) is 45.9 Å². The number of nitrogens with one attached hydrogen (secondary N) is 1. The third-order valence-corrected chi connectivity index (χ3v) is 3.54. The number of rotatable bonds is 7. The van der Waals surface area contributed by atoms with Crippen molar-refractivity contribution in [2.24, 2.45) is 0 Å². The van der Waals surface area contributed by atoms with Crippen LogP contribution in [0.1, 0.15) is 38.1 Å². The van der Waals surface area contributed by atoms with E-state index in [4.69, 9.17) is 16.7 Å². The number of benzene rings is 1. The van der Waals surface area contributed by atoms with Gasteiger partial charge in [-0.3, -0.25) is 4.90 Å². The first-order chi connectivity index (χ1) is 9.32. The molecule has 0 aliphatic heterocycles. The van der Waals surface area contributed by atoms with Crippen molar-refractivity contribution >= 4 is 23.3 Å². The topological polar surface area (TPSA) is 52.6 Å². The molecular weight excluding hydrogens is 276 g/mol. The molecule has 0 amide bonds. The summed E-state index contributed by atoms with van der Waals surface area (Å²) >= 11 is 6.07. The van der Waals surface area contributed by atoms with Crippen molar-refractivity contribution in [3.05, 3.63) is 28.8 Å². The fraction of sp³-hybridized carbons (Fsp3) is 0.533.